The standard InChI is InChI=1S/C23H35FN2O4/c1-16(19(14-27)25-20(28)30-21(2,3)4)13-26-12-11-23(29,22(5,6)15-26)17-7-9-18(24)10-8-17/h7-10,14,16,19,29H,11-13,15H2,1-6H3,(H,25,28). The minimum Gasteiger partial charge on any atom is -0.444 e. The molecule has 0 aromatic heterocycles. The van der Waals surface area contributed by atoms with Gasteiger partial charge in [0, 0.05) is 25.0 Å². The number of hydrogen-bond donors (Lipinski definition) is 2. The molecular weight excluding hydrogens is 387 g/mol. The lowest BCUT2D eigenvalue weighted by molar-refractivity contribution is -0.128. The highest BCUT2D eigenvalue weighted by Gasteiger charge is 2.48. The lowest BCUT2D eigenvalue weighted by atomic mass is 9.66. The zero-order valence-corrected chi connectivity index (χ0v) is 18.9. The number of rotatable bonds is 6. The molecule has 0 saturated carbocycles. The molecular formula is C23H35FN2O4. The number of likely N-dealkylation sites (tertiary alicyclic amines) is 1. The van der Waals surface area contributed by atoms with Crippen molar-refractivity contribution in [2.24, 2.45) is 11.3 Å². The first-order valence-electron chi connectivity index (χ1n) is 10.4. The molecule has 2 rings (SSSR count). The average molecular weight is 423 g/mol. The van der Waals surface area contributed by atoms with Gasteiger partial charge >= 0.3 is 6.09 Å². The first-order chi connectivity index (χ1) is 13.8. The molecule has 1 aliphatic heterocycles. The highest BCUT2D eigenvalue weighted by atomic mass is 19.1. The van der Waals surface area contributed by atoms with Crippen molar-refractivity contribution in [3.05, 3.63) is 35.6 Å². The summed E-state index contributed by atoms with van der Waals surface area (Å²) >= 11 is 0. The summed E-state index contributed by atoms with van der Waals surface area (Å²) in [6.07, 6.45) is 0.610. The van der Waals surface area contributed by atoms with E-state index in [9.17, 15) is 19.1 Å². The molecule has 1 amide bonds. The molecule has 0 aliphatic carbocycles. The van der Waals surface area contributed by atoms with Crippen molar-refractivity contribution in [3.63, 3.8) is 0 Å². The van der Waals surface area contributed by atoms with Crippen LogP contribution in [0.1, 0.15) is 53.5 Å². The summed E-state index contributed by atoms with van der Waals surface area (Å²) in [5, 5.41) is 14.1. The zero-order chi connectivity index (χ0) is 22.7. The molecule has 0 radical (unpaired) electrons. The smallest absolute Gasteiger partial charge is 0.408 e. The van der Waals surface area contributed by atoms with Crippen LogP contribution in [0.2, 0.25) is 0 Å². The lowest BCUT2D eigenvalue weighted by Gasteiger charge is -2.51. The van der Waals surface area contributed by atoms with E-state index in [1.165, 1.54) is 12.1 Å². The fourth-order valence-electron chi connectivity index (χ4n) is 4.12. The molecule has 168 valence electrons. The molecule has 30 heavy (non-hydrogen) atoms. The normalized spacial score (nSPS) is 24.0. The number of carbonyl (C=O) groups excluding carboxylic acids is 2. The van der Waals surface area contributed by atoms with Crippen LogP contribution in [0.5, 0.6) is 0 Å². The van der Waals surface area contributed by atoms with Gasteiger partial charge in [0.15, 0.2) is 0 Å². The Morgan fingerprint density at radius 2 is 1.93 bits per heavy atom. The van der Waals surface area contributed by atoms with Gasteiger partial charge in [0.05, 0.1) is 11.6 Å². The van der Waals surface area contributed by atoms with E-state index in [1.807, 2.05) is 20.8 Å². The number of benzene rings is 1. The number of ether oxygens (including phenoxy) is 1. The molecule has 1 aromatic rings. The van der Waals surface area contributed by atoms with Crippen molar-refractivity contribution >= 4 is 12.4 Å². The monoisotopic (exact) mass is 422 g/mol. The van der Waals surface area contributed by atoms with Crippen molar-refractivity contribution in [1.29, 1.82) is 0 Å². The Labute approximate surface area is 178 Å². The summed E-state index contributed by atoms with van der Waals surface area (Å²) in [5.74, 6) is -0.466. The third-order valence-electron chi connectivity index (χ3n) is 5.84. The molecule has 7 heteroatoms. The molecule has 1 saturated heterocycles. The number of carbonyl (C=O) groups is 2. The van der Waals surface area contributed by atoms with E-state index < -0.39 is 28.8 Å². The number of hydrogen-bond acceptors (Lipinski definition) is 5. The average Bonchev–Trinajstić information content (AvgIpc) is 2.61. The fourth-order valence-corrected chi connectivity index (χ4v) is 4.12. The van der Waals surface area contributed by atoms with Crippen LogP contribution in [0, 0.1) is 17.2 Å². The van der Waals surface area contributed by atoms with Crippen molar-refractivity contribution in [2.75, 3.05) is 19.6 Å². The molecule has 1 fully saturated rings. The van der Waals surface area contributed by atoms with Gasteiger partial charge in [-0.15, -0.1) is 0 Å². The quantitative estimate of drug-likeness (QED) is 0.687. The molecule has 6 nitrogen and oxygen atoms in total. The second kappa shape index (κ2) is 9.02. The largest absolute Gasteiger partial charge is 0.444 e. The molecule has 1 aromatic carbocycles. The van der Waals surface area contributed by atoms with Gasteiger partial charge in [0.1, 0.15) is 17.7 Å². The summed E-state index contributed by atoms with van der Waals surface area (Å²) in [7, 11) is 0. The van der Waals surface area contributed by atoms with Crippen LogP contribution in [0.4, 0.5) is 9.18 Å². The van der Waals surface area contributed by atoms with Crippen LogP contribution in [0.15, 0.2) is 24.3 Å². The Kier molecular flexibility index (Phi) is 7.30. The lowest BCUT2D eigenvalue weighted by Crippen LogP contribution is -2.57. The molecule has 0 spiro atoms. The van der Waals surface area contributed by atoms with Gasteiger partial charge in [-0.1, -0.05) is 32.9 Å². The summed E-state index contributed by atoms with van der Waals surface area (Å²) < 4.78 is 18.6. The van der Waals surface area contributed by atoms with E-state index in [0.717, 1.165) is 6.29 Å². The summed E-state index contributed by atoms with van der Waals surface area (Å²) in [5.41, 5.74) is -1.49. The first kappa shape index (κ1) is 24.3. The van der Waals surface area contributed by atoms with Crippen LogP contribution < -0.4 is 5.32 Å². The SMILES string of the molecule is CC(CN1CCC(O)(c2ccc(F)cc2)C(C)(C)C1)C(C=O)NC(=O)OC(C)(C)C. The molecule has 2 N–H and O–H groups in total. The van der Waals surface area contributed by atoms with E-state index >= 15 is 0 Å². The van der Waals surface area contributed by atoms with Crippen LogP contribution in [-0.4, -0.2) is 53.7 Å². The van der Waals surface area contributed by atoms with Crippen LogP contribution in [-0.2, 0) is 15.1 Å². The Morgan fingerprint density at radius 3 is 2.43 bits per heavy atom. The number of piperidine rings is 1. The van der Waals surface area contributed by atoms with Gasteiger partial charge in [-0.05, 0) is 50.8 Å². The van der Waals surface area contributed by atoms with Gasteiger partial charge in [0.2, 0.25) is 0 Å². The zero-order valence-electron chi connectivity index (χ0n) is 18.9. The van der Waals surface area contributed by atoms with Gasteiger partial charge in [-0.3, -0.25) is 0 Å². The second-order valence-corrected chi connectivity index (χ2v) is 10.0. The van der Waals surface area contributed by atoms with E-state index in [-0.39, 0.29) is 11.7 Å². The summed E-state index contributed by atoms with van der Waals surface area (Å²) in [4.78, 5) is 25.8. The maximum atomic E-state index is 13.3. The van der Waals surface area contributed by atoms with Crippen LogP contribution in [0.25, 0.3) is 0 Å². The molecule has 3 atom stereocenters. The Hall–Kier alpha value is -1.99. The Balaban J connectivity index is 2.02. The van der Waals surface area contributed by atoms with Crippen LogP contribution >= 0.6 is 0 Å². The third-order valence-corrected chi connectivity index (χ3v) is 5.84. The number of aldehydes is 1. The summed E-state index contributed by atoms with van der Waals surface area (Å²) in [6, 6.07) is 5.36. The number of amides is 1. The molecule has 3 unspecified atom stereocenters. The second-order valence-electron chi connectivity index (χ2n) is 10.0. The fraction of sp³-hybridized carbons (Fsp3) is 0.652. The molecule has 1 heterocycles. The van der Waals surface area contributed by atoms with Crippen molar-refractivity contribution in [2.45, 2.75) is 65.2 Å². The van der Waals surface area contributed by atoms with E-state index in [0.29, 0.717) is 31.6 Å². The number of halogens is 1. The highest BCUT2D eigenvalue weighted by molar-refractivity contribution is 5.73. The number of aliphatic hydroxyl groups is 1. The summed E-state index contributed by atoms with van der Waals surface area (Å²) in [6.45, 7) is 13.0. The van der Waals surface area contributed by atoms with E-state index in [4.69, 9.17) is 4.74 Å². The third kappa shape index (κ3) is 5.79. The molecule has 0 bridgehead atoms. The topological polar surface area (TPSA) is 78.9 Å². The van der Waals surface area contributed by atoms with Gasteiger partial charge < -0.3 is 24.9 Å². The van der Waals surface area contributed by atoms with Gasteiger partial charge in [-0.25, -0.2) is 9.18 Å². The number of nitrogens with zero attached hydrogens (tertiary/aromatic N) is 1. The van der Waals surface area contributed by atoms with E-state index in [1.54, 1.807) is 32.9 Å². The number of alkyl carbamates (subject to hydrolysis) is 1. The van der Waals surface area contributed by atoms with E-state index in [2.05, 4.69) is 10.2 Å². The van der Waals surface area contributed by atoms with Crippen molar-refractivity contribution in [1.82, 2.24) is 10.2 Å². The molecule has 1 aliphatic rings. The minimum atomic E-state index is -1.07. The predicted octanol–water partition coefficient (Wildman–Crippen LogP) is 3.47. The Bertz CT molecular complexity index is 745. The maximum Gasteiger partial charge on any atom is 0.408 e. The van der Waals surface area contributed by atoms with Gasteiger partial charge in [0.25, 0.3) is 0 Å². The first-order valence-corrected chi connectivity index (χ1v) is 10.4. The van der Waals surface area contributed by atoms with Crippen molar-refractivity contribution < 1.29 is 23.8 Å². The Morgan fingerprint density at radius 1 is 1.33 bits per heavy atom. The van der Waals surface area contributed by atoms with Crippen molar-refractivity contribution in [3.8, 4) is 0 Å². The maximum absolute atomic E-state index is 13.3. The predicted molar refractivity (Wildman–Crippen MR) is 114 cm³/mol. The highest BCUT2D eigenvalue weighted by Crippen LogP contribution is 2.46. The minimum absolute atomic E-state index is 0.136. The van der Waals surface area contributed by atoms with Gasteiger partial charge in [-0.2, -0.15) is 0 Å². The number of nitrogens with one attached hydrogen (secondary N) is 1. The van der Waals surface area contributed by atoms with Crippen LogP contribution in [0.3, 0.4) is 0 Å².